The molecule has 0 aliphatic heterocycles. The van der Waals surface area contributed by atoms with Gasteiger partial charge in [0.05, 0.1) is 0 Å². The molecule has 0 fully saturated rings. The van der Waals surface area contributed by atoms with Gasteiger partial charge in [-0.15, -0.1) is 0 Å². The van der Waals surface area contributed by atoms with E-state index in [1.807, 2.05) is 18.2 Å². The summed E-state index contributed by atoms with van der Waals surface area (Å²) in [5, 5.41) is 9.76. The van der Waals surface area contributed by atoms with Crippen LogP contribution in [0.15, 0.2) is 30.3 Å². The predicted molar refractivity (Wildman–Crippen MR) is 110 cm³/mol. The van der Waals surface area contributed by atoms with E-state index in [2.05, 4.69) is 12.1 Å². The molecule has 30 heavy (non-hydrogen) atoms. The first kappa shape index (κ1) is 28.3. The van der Waals surface area contributed by atoms with Crippen LogP contribution in [0, 0.1) is 5.92 Å². The summed E-state index contributed by atoms with van der Waals surface area (Å²) in [4.78, 5) is 32.5. The molecule has 5 nitrogen and oxygen atoms in total. The van der Waals surface area contributed by atoms with E-state index >= 15 is 0 Å². The quantitative estimate of drug-likeness (QED) is 0.318. The van der Waals surface area contributed by atoms with Crippen LogP contribution >= 0.6 is 0 Å². The molecular formula is C21H30F3NO4Se. The SMILES string of the molecule is CC(=O)C(F)(F)F.NCCCCCC(C[Se]C(=O)CCCc1ccccc1)C(=O)O. The third kappa shape index (κ3) is 15.2. The number of aryl methyl sites for hydroxylation is 1. The molecule has 9 heteroatoms. The second-order valence-corrected chi connectivity index (χ2v) is 9.01. The molecule has 0 saturated heterocycles. The average molecular weight is 496 g/mol. The molecule has 1 aromatic rings. The monoisotopic (exact) mass is 497 g/mol. The number of carbonyl (C=O) groups is 3. The van der Waals surface area contributed by atoms with E-state index in [0.717, 1.165) is 32.1 Å². The Morgan fingerprint density at radius 3 is 2.17 bits per heavy atom. The Morgan fingerprint density at radius 1 is 1.07 bits per heavy atom. The van der Waals surface area contributed by atoms with Crippen molar-refractivity contribution in [1.29, 1.82) is 0 Å². The van der Waals surface area contributed by atoms with Crippen LogP contribution < -0.4 is 5.73 Å². The fourth-order valence-corrected chi connectivity index (χ4v) is 4.40. The van der Waals surface area contributed by atoms with Gasteiger partial charge in [0, 0.05) is 6.92 Å². The Kier molecular flexibility index (Phi) is 15.1. The topological polar surface area (TPSA) is 97.5 Å². The number of hydrogen-bond acceptors (Lipinski definition) is 4. The summed E-state index contributed by atoms with van der Waals surface area (Å²) in [5.41, 5.74) is 6.68. The van der Waals surface area contributed by atoms with Crippen molar-refractivity contribution >= 4 is 31.4 Å². The Balaban J connectivity index is 0.00000103. The third-order valence-electron chi connectivity index (χ3n) is 4.14. The molecule has 1 unspecified atom stereocenters. The molecule has 0 aliphatic rings. The first-order valence-electron chi connectivity index (χ1n) is 9.78. The standard InChI is InChI=1S/C18H27NO3Se.C3H3F3O/c19-13-6-2-5-11-16(18(21)22)14-23-17(20)12-7-10-15-8-3-1-4-9-15;1-2(7)3(4,5)6/h1,3-4,8-9,16H,2,5-7,10-14,19H2,(H,21,22);1H3. The van der Waals surface area contributed by atoms with E-state index in [-0.39, 0.29) is 25.6 Å². The van der Waals surface area contributed by atoms with Crippen molar-refractivity contribution in [3.63, 3.8) is 0 Å². The molecule has 1 rings (SSSR count). The van der Waals surface area contributed by atoms with Gasteiger partial charge in [-0.1, -0.05) is 0 Å². The minimum absolute atomic E-state index is 0.215. The van der Waals surface area contributed by atoms with Crippen molar-refractivity contribution in [3.05, 3.63) is 35.9 Å². The number of ketones is 1. The number of carbonyl (C=O) groups excluding carboxylic acids is 2. The predicted octanol–water partition coefficient (Wildman–Crippen LogP) is 4.02. The van der Waals surface area contributed by atoms with Crippen LogP contribution in [0.2, 0.25) is 5.32 Å². The van der Waals surface area contributed by atoms with Gasteiger partial charge in [0.1, 0.15) is 0 Å². The molecule has 0 radical (unpaired) electrons. The maximum absolute atomic E-state index is 12.0. The zero-order valence-electron chi connectivity index (χ0n) is 17.1. The minimum atomic E-state index is -4.64. The molecule has 3 N–H and O–H groups in total. The van der Waals surface area contributed by atoms with Crippen LogP contribution in [0.3, 0.4) is 0 Å². The van der Waals surface area contributed by atoms with Gasteiger partial charge in [-0.2, -0.15) is 13.2 Å². The van der Waals surface area contributed by atoms with Gasteiger partial charge in [0.25, 0.3) is 0 Å². The van der Waals surface area contributed by atoms with Crippen LogP contribution in [0.25, 0.3) is 0 Å². The molecule has 0 heterocycles. The zero-order chi connectivity index (χ0) is 23.0. The molecule has 1 aromatic carbocycles. The van der Waals surface area contributed by atoms with Gasteiger partial charge < -0.3 is 0 Å². The van der Waals surface area contributed by atoms with Gasteiger partial charge in [-0.25, -0.2) is 0 Å². The van der Waals surface area contributed by atoms with Gasteiger partial charge in [-0.3, -0.25) is 4.79 Å². The fraction of sp³-hybridized carbons (Fsp3) is 0.571. The van der Waals surface area contributed by atoms with Crippen molar-refractivity contribution in [2.24, 2.45) is 11.7 Å². The maximum atomic E-state index is 12.0. The number of alkyl halides is 3. The number of benzene rings is 1. The summed E-state index contributed by atoms with van der Waals surface area (Å²) >= 11 is -0.215. The number of carboxylic acid groups (broad SMARTS) is 1. The summed E-state index contributed by atoms with van der Waals surface area (Å²) in [6.45, 7) is 1.14. The van der Waals surface area contributed by atoms with Crippen molar-refractivity contribution in [2.45, 2.75) is 63.4 Å². The van der Waals surface area contributed by atoms with E-state index in [9.17, 15) is 32.7 Å². The number of halogens is 3. The first-order valence-corrected chi connectivity index (χ1v) is 11.8. The van der Waals surface area contributed by atoms with Crippen LogP contribution in [-0.4, -0.2) is 49.2 Å². The molecule has 0 bridgehead atoms. The summed E-state index contributed by atoms with van der Waals surface area (Å²) in [5.74, 6) is -2.89. The number of rotatable bonds is 13. The summed E-state index contributed by atoms with van der Waals surface area (Å²) in [6, 6.07) is 10.1. The first-order chi connectivity index (χ1) is 14.1. The number of Topliss-reactive ketones (excluding diaryl/α,β-unsaturated/α-hetero) is 1. The number of nitrogens with two attached hydrogens (primary N) is 1. The molecule has 1 atom stereocenters. The van der Waals surface area contributed by atoms with Crippen LogP contribution in [0.1, 0.15) is 51.0 Å². The van der Waals surface area contributed by atoms with E-state index in [1.54, 1.807) is 0 Å². The second-order valence-electron chi connectivity index (χ2n) is 6.75. The van der Waals surface area contributed by atoms with Gasteiger partial charge >= 0.3 is 151 Å². The Bertz CT molecular complexity index is 639. The number of carboxylic acids is 1. The molecule has 0 amide bonds. The van der Waals surface area contributed by atoms with E-state index in [4.69, 9.17) is 5.73 Å². The molecule has 170 valence electrons. The normalized spacial score (nSPS) is 11.9. The van der Waals surface area contributed by atoms with Gasteiger partial charge in [0.2, 0.25) is 5.78 Å². The van der Waals surface area contributed by atoms with Crippen LogP contribution in [0.4, 0.5) is 13.2 Å². The molecular weight excluding hydrogens is 466 g/mol. The van der Waals surface area contributed by atoms with E-state index in [1.165, 1.54) is 5.56 Å². The molecule has 0 aromatic heterocycles. The van der Waals surface area contributed by atoms with E-state index < -0.39 is 17.9 Å². The average Bonchev–Trinajstić information content (AvgIpc) is 2.67. The Labute approximate surface area is 181 Å². The second kappa shape index (κ2) is 16.0. The van der Waals surface area contributed by atoms with Crippen LogP contribution in [-0.2, 0) is 20.8 Å². The molecule has 0 saturated carbocycles. The Morgan fingerprint density at radius 2 is 1.67 bits per heavy atom. The van der Waals surface area contributed by atoms with Crippen molar-refractivity contribution in [2.75, 3.05) is 6.54 Å². The van der Waals surface area contributed by atoms with E-state index in [0.29, 0.717) is 31.6 Å². The summed E-state index contributed by atoms with van der Waals surface area (Å²) in [7, 11) is 0. The zero-order valence-corrected chi connectivity index (χ0v) is 18.8. The Hall–Kier alpha value is -1.70. The van der Waals surface area contributed by atoms with Crippen LogP contribution in [0.5, 0.6) is 0 Å². The molecule has 0 spiro atoms. The van der Waals surface area contributed by atoms with Crippen molar-refractivity contribution in [1.82, 2.24) is 0 Å². The number of aliphatic carboxylic acids is 1. The van der Waals surface area contributed by atoms with Crippen molar-refractivity contribution < 1.29 is 32.7 Å². The summed E-state index contributed by atoms with van der Waals surface area (Å²) in [6.07, 6.45) is 1.13. The number of hydrogen-bond donors (Lipinski definition) is 2. The van der Waals surface area contributed by atoms with Gasteiger partial charge in [0.15, 0.2) is 0 Å². The van der Waals surface area contributed by atoms with Gasteiger partial charge in [-0.05, 0) is 0 Å². The number of unbranched alkanes of at least 4 members (excludes halogenated alkanes) is 2. The third-order valence-corrected chi connectivity index (χ3v) is 6.44. The summed E-state index contributed by atoms with van der Waals surface area (Å²) < 4.78 is 32.7. The van der Waals surface area contributed by atoms with Crippen molar-refractivity contribution in [3.8, 4) is 0 Å². The molecule has 0 aliphatic carbocycles. The fourth-order valence-electron chi connectivity index (χ4n) is 2.34.